The number of hydrogen-bond donors (Lipinski definition) is 0. The average molecular weight is 866 g/mol. The summed E-state index contributed by atoms with van der Waals surface area (Å²) in [6.07, 6.45) is 6.23. The third-order valence-corrected chi connectivity index (χ3v) is 13.8. The summed E-state index contributed by atoms with van der Waals surface area (Å²) < 4.78 is 0. The van der Waals surface area contributed by atoms with Crippen LogP contribution in [-0.2, 0) is 5.41 Å². The van der Waals surface area contributed by atoms with E-state index < -0.39 is 5.41 Å². The van der Waals surface area contributed by atoms with Crippen LogP contribution < -0.4 is 4.90 Å². The molecule has 68 heavy (non-hydrogen) atoms. The second-order valence-electron chi connectivity index (χ2n) is 17.7. The van der Waals surface area contributed by atoms with Crippen LogP contribution >= 0.6 is 0 Å². The Hall–Kier alpha value is -8.78. The predicted octanol–water partition coefficient (Wildman–Crippen LogP) is 17.8. The Morgan fingerprint density at radius 1 is 0.309 bits per heavy atom. The lowest BCUT2D eigenvalue weighted by molar-refractivity contribution is 0.842. The molecule has 0 bridgehead atoms. The first-order chi connectivity index (χ1) is 33.7. The molecule has 1 heteroatoms. The highest BCUT2D eigenvalue weighted by atomic mass is 15.1. The Morgan fingerprint density at radius 2 is 0.662 bits per heavy atom. The van der Waals surface area contributed by atoms with Crippen LogP contribution in [0.5, 0.6) is 0 Å². The van der Waals surface area contributed by atoms with Gasteiger partial charge in [-0.1, -0.05) is 231 Å². The quantitative estimate of drug-likeness (QED) is 0.124. The lowest BCUT2D eigenvalue weighted by Gasteiger charge is -2.33. The largest absolute Gasteiger partial charge is 0.310 e. The Bertz CT molecular complexity index is 3260. The molecule has 0 fully saturated rings. The minimum absolute atomic E-state index is 0.519. The van der Waals surface area contributed by atoms with Gasteiger partial charge in [-0.25, -0.2) is 0 Å². The molecule has 0 saturated carbocycles. The molecule has 0 saturated heterocycles. The highest BCUT2D eigenvalue weighted by Crippen LogP contribution is 2.64. The summed E-state index contributed by atoms with van der Waals surface area (Å²) in [4.78, 5) is 2.45. The molecule has 10 aromatic rings. The van der Waals surface area contributed by atoms with Gasteiger partial charge in [0, 0.05) is 17.1 Å². The maximum absolute atomic E-state index is 4.11. The molecule has 1 spiro atoms. The van der Waals surface area contributed by atoms with E-state index in [2.05, 4.69) is 278 Å². The van der Waals surface area contributed by atoms with E-state index in [1.807, 2.05) is 6.08 Å². The van der Waals surface area contributed by atoms with Gasteiger partial charge in [-0.3, -0.25) is 0 Å². The van der Waals surface area contributed by atoms with Crippen molar-refractivity contribution >= 4 is 28.2 Å². The normalized spacial score (nSPS) is 13.1. The number of rotatable bonds is 10. The van der Waals surface area contributed by atoms with Crippen molar-refractivity contribution in [3.8, 4) is 55.6 Å². The standard InChI is InChI=1S/C67H47N/c1-2-3-30-62-61-33-18-21-36-65(61)67(63-34-19-16-31-59(63)60-32-17-20-35-64(60)67)66(62)51-37-39-56(40-38-51)68(57-43-52(47-22-8-4-9-23-47)41-53(44-57)48-24-10-5-11-25-48)58-45-54(49-26-12-6-13-27-49)42-55(46-58)50-28-14-7-15-29-50/h2-46H,1H2/b30-3-. The molecule has 0 heterocycles. The zero-order chi connectivity index (χ0) is 45.4. The Morgan fingerprint density at radius 3 is 1.06 bits per heavy atom. The van der Waals surface area contributed by atoms with E-state index in [0.717, 1.165) is 39.3 Å². The van der Waals surface area contributed by atoms with Crippen LogP contribution in [0, 0.1) is 0 Å². The van der Waals surface area contributed by atoms with E-state index in [1.165, 1.54) is 72.3 Å². The number of hydrogen-bond acceptors (Lipinski definition) is 1. The van der Waals surface area contributed by atoms with Crippen molar-refractivity contribution in [2.24, 2.45) is 0 Å². The van der Waals surface area contributed by atoms with Gasteiger partial charge < -0.3 is 4.90 Å². The molecular weight excluding hydrogens is 819 g/mol. The molecular formula is C67H47N. The molecule has 0 radical (unpaired) electrons. The van der Waals surface area contributed by atoms with E-state index in [1.54, 1.807) is 0 Å². The van der Waals surface area contributed by atoms with Gasteiger partial charge >= 0.3 is 0 Å². The fourth-order valence-corrected chi connectivity index (χ4v) is 10.9. The topological polar surface area (TPSA) is 3.24 Å². The first kappa shape index (κ1) is 40.7. The van der Waals surface area contributed by atoms with E-state index in [9.17, 15) is 0 Å². The maximum atomic E-state index is 4.11. The molecule has 10 aromatic carbocycles. The van der Waals surface area contributed by atoms with Crippen molar-refractivity contribution in [3.63, 3.8) is 0 Å². The van der Waals surface area contributed by atoms with Gasteiger partial charge in [0.1, 0.15) is 0 Å². The molecule has 12 rings (SSSR count). The monoisotopic (exact) mass is 865 g/mol. The minimum atomic E-state index is -0.519. The van der Waals surface area contributed by atoms with Gasteiger partial charge in [-0.2, -0.15) is 0 Å². The Labute approximate surface area is 399 Å². The van der Waals surface area contributed by atoms with Gasteiger partial charge in [0.05, 0.1) is 5.41 Å². The summed E-state index contributed by atoms with van der Waals surface area (Å²) in [5, 5.41) is 0. The number of benzene rings is 10. The summed E-state index contributed by atoms with van der Waals surface area (Å²) in [7, 11) is 0. The zero-order valence-electron chi connectivity index (χ0n) is 37.6. The van der Waals surface area contributed by atoms with Crippen molar-refractivity contribution in [2.75, 3.05) is 4.90 Å². The van der Waals surface area contributed by atoms with Gasteiger partial charge in [0.25, 0.3) is 0 Å². The van der Waals surface area contributed by atoms with Crippen molar-refractivity contribution in [2.45, 2.75) is 5.41 Å². The maximum Gasteiger partial charge on any atom is 0.0731 e. The highest BCUT2D eigenvalue weighted by Gasteiger charge is 2.52. The van der Waals surface area contributed by atoms with E-state index in [-0.39, 0.29) is 0 Å². The van der Waals surface area contributed by atoms with Crippen LogP contribution in [0.1, 0.15) is 27.8 Å². The third kappa shape index (κ3) is 6.87. The number of allylic oxidation sites excluding steroid dienone is 5. The number of fused-ring (bicyclic) bond motifs is 7. The minimum Gasteiger partial charge on any atom is -0.310 e. The van der Waals surface area contributed by atoms with Crippen LogP contribution in [0.3, 0.4) is 0 Å². The van der Waals surface area contributed by atoms with Gasteiger partial charge in [0.2, 0.25) is 0 Å². The number of nitrogens with zero attached hydrogens (tertiary/aromatic N) is 1. The van der Waals surface area contributed by atoms with Crippen molar-refractivity contribution in [1.29, 1.82) is 0 Å². The molecule has 0 aliphatic heterocycles. The van der Waals surface area contributed by atoms with Gasteiger partial charge in [-0.05, 0) is 143 Å². The molecule has 2 aliphatic rings. The molecule has 0 atom stereocenters. The van der Waals surface area contributed by atoms with Gasteiger partial charge in [0.15, 0.2) is 0 Å². The molecule has 0 N–H and O–H groups in total. The predicted molar refractivity (Wildman–Crippen MR) is 287 cm³/mol. The smallest absolute Gasteiger partial charge is 0.0731 e. The molecule has 0 aromatic heterocycles. The summed E-state index contributed by atoms with van der Waals surface area (Å²) in [6.45, 7) is 4.11. The molecule has 320 valence electrons. The Balaban J connectivity index is 1.11. The van der Waals surface area contributed by atoms with Crippen LogP contribution in [0.2, 0.25) is 0 Å². The van der Waals surface area contributed by atoms with Crippen molar-refractivity contribution in [3.05, 3.63) is 307 Å². The Kier molecular flexibility index (Phi) is 10.3. The zero-order valence-corrected chi connectivity index (χ0v) is 37.6. The summed E-state index contributed by atoms with van der Waals surface area (Å²) in [6, 6.07) is 93.4. The summed E-state index contributed by atoms with van der Waals surface area (Å²) in [5.74, 6) is 0. The molecule has 2 aliphatic carbocycles. The average Bonchev–Trinajstić information content (AvgIpc) is 3.88. The van der Waals surface area contributed by atoms with Crippen molar-refractivity contribution in [1.82, 2.24) is 0 Å². The number of anilines is 3. The van der Waals surface area contributed by atoms with E-state index in [4.69, 9.17) is 0 Å². The SMILES string of the molecule is C=C/C=C\C1=C(c2ccc(N(c3cc(-c4ccccc4)cc(-c4ccccc4)c3)c3cc(-c4ccccc4)cc(-c4ccccc4)c3)cc2)C2(c3ccccc31)c1ccccc1-c1ccccc12. The summed E-state index contributed by atoms with van der Waals surface area (Å²) in [5.41, 5.74) is 23.4. The van der Waals surface area contributed by atoms with Crippen LogP contribution in [0.4, 0.5) is 17.1 Å². The molecule has 0 unspecified atom stereocenters. The highest BCUT2D eigenvalue weighted by molar-refractivity contribution is 6.12. The molecule has 0 amide bonds. The van der Waals surface area contributed by atoms with Gasteiger partial charge in [-0.15, -0.1) is 0 Å². The molecule has 1 nitrogen and oxygen atoms in total. The summed E-state index contributed by atoms with van der Waals surface area (Å²) >= 11 is 0. The third-order valence-electron chi connectivity index (χ3n) is 13.8. The fourth-order valence-electron chi connectivity index (χ4n) is 10.9. The lowest BCUT2D eigenvalue weighted by atomic mass is 9.68. The van der Waals surface area contributed by atoms with Crippen LogP contribution in [0.15, 0.2) is 280 Å². The van der Waals surface area contributed by atoms with E-state index in [0.29, 0.717) is 0 Å². The van der Waals surface area contributed by atoms with Crippen LogP contribution in [-0.4, -0.2) is 0 Å². The van der Waals surface area contributed by atoms with E-state index >= 15 is 0 Å². The fraction of sp³-hybridized carbons (Fsp3) is 0.0149. The van der Waals surface area contributed by atoms with Crippen LogP contribution in [0.25, 0.3) is 66.8 Å². The lowest BCUT2D eigenvalue weighted by Crippen LogP contribution is -2.26. The second-order valence-corrected chi connectivity index (χ2v) is 17.7. The first-order valence-electron chi connectivity index (χ1n) is 23.4. The second kappa shape index (κ2) is 17.2. The first-order valence-corrected chi connectivity index (χ1v) is 23.4. The van der Waals surface area contributed by atoms with Crippen molar-refractivity contribution < 1.29 is 0 Å².